The SMILES string of the molecule is COc1cc(Br)c(CN(C)[C@H](COCc2ccccc2Br)Cc2ccccc2)cc1OC. The fourth-order valence-corrected chi connectivity index (χ4v) is 4.41. The largest absolute Gasteiger partial charge is 0.493 e. The molecule has 0 spiro atoms. The van der Waals surface area contributed by atoms with Crippen LogP contribution in [-0.2, 0) is 24.3 Å². The lowest BCUT2D eigenvalue weighted by Crippen LogP contribution is -2.37. The van der Waals surface area contributed by atoms with Crippen LogP contribution in [0.15, 0.2) is 75.7 Å². The molecule has 0 aliphatic carbocycles. The fraction of sp³-hybridized carbons (Fsp3) is 0.308. The lowest BCUT2D eigenvalue weighted by molar-refractivity contribution is 0.0571. The van der Waals surface area contributed by atoms with Crippen LogP contribution in [-0.4, -0.2) is 38.8 Å². The average Bonchev–Trinajstić information content (AvgIpc) is 2.81. The maximum absolute atomic E-state index is 6.18. The smallest absolute Gasteiger partial charge is 0.161 e. The van der Waals surface area contributed by atoms with E-state index in [0.717, 1.165) is 38.8 Å². The molecular weight excluding hydrogens is 534 g/mol. The quantitative estimate of drug-likeness (QED) is 0.267. The zero-order chi connectivity index (χ0) is 22.9. The summed E-state index contributed by atoms with van der Waals surface area (Å²) >= 11 is 7.29. The third-order valence-corrected chi connectivity index (χ3v) is 6.95. The molecule has 0 unspecified atom stereocenters. The summed E-state index contributed by atoms with van der Waals surface area (Å²) in [5, 5.41) is 0. The van der Waals surface area contributed by atoms with E-state index in [1.165, 1.54) is 5.56 Å². The highest BCUT2D eigenvalue weighted by Crippen LogP contribution is 2.34. The van der Waals surface area contributed by atoms with Crippen LogP contribution in [0.5, 0.6) is 11.5 Å². The Balaban J connectivity index is 1.74. The zero-order valence-corrected chi connectivity index (χ0v) is 21.9. The molecule has 0 aromatic heterocycles. The number of likely N-dealkylation sites (N-methyl/N-ethyl adjacent to an activating group) is 1. The Morgan fingerprint density at radius 3 is 2.16 bits per heavy atom. The third-order valence-electron chi connectivity index (χ3n) is 5.44. The molecule has 0 saturated carbocycles. The van der Waals surface area contributed by atoms with Crippen molar-refractivity contribution in [1.82, 2.24) is 4.90 Å². The van der Waals surface area contributed by atoms with Gasteiger partial charge in [0.05, 0.1) is 27.4 Å². The molecule has 3 aromatic carbocycles. The molecule has 1 atom stereocenters. The number of halogens is 2. The molecule has 0 aliphatic rings. The van der Waals surface area contributed by atoms with Gasteiger partial charge in [0.1, 0.15) is 0 Å². The Morgan fingerprint density at radius 2 is 1.47 bits per heavy atom. The standard InChI is InChI=1S/C26H29Br2NO3/c1-29(16-21-14-25(30-2)26(31-3)15-24(21)28)22(13-19-9-5-4-6-10-19)18-32-17-20-11-7-8-12-23(20)27/h4-12,14-15,22H,13,16-18H2,1-3H3/t22-/m0/s1. The van der Waals surface area contributed by atoms with Crippen molar-refractivity contribution < 1.29 is 14.2 Å². The molecule has 3 rings (SSSR count). The van der Waals surface area contributed by atoms with Crippen molar-refractivity contribution in [3.05, 3.63) is 92.4 Å². The van der Waals surface area contributed by atoms with E-state index in [1.807, 2.05) is 36.4 Å². The van der Waals surface area contributed by atoms with E-state index in [1.54, 1.807) is 14.2 Å². The van der Waals surface area contributed by atoms with Gasteiger partial charge in [-0.25, -0.2) is 0 Å². The second-order valence-corrected chi connectivity index (χ2v) is 9.37. The van der Waals surface area contributed by atoms with Gasteiger partial charge in [0.15, 0.2) is 11.5 Å². The normalized spacial score (nSPS) is 12.1. The zero-order valence-electron chi connectivity index (χ0n) is 18.7. The summed E-state index contributed by atoms with van der Waals surface area (Å²) in [5.74, 6) is 1.44. The van der Waals surface area contributed by atoms with Crippen LogP contribution in [0.3, 0.4) is 0 Å². The van der Waals surface area contributed by atoms with Gasteiger partial charge in [0, 0.05) is 21.5 Å². The highest BCUT2D eigenvalue weighted by atomic mass is 79.9. The first-order valence-electron chi connectivity index (χ1n) is 10.5. The van der Waals surface area contributed by atoms with Gasteiger partial charge in [-0.3, -0.25) is 4.90 Å². The highest BCUT2D eigenvalue weighted by Gasteiger charge is 2.19. The topological polar surface area (TPSA) is 30.9 Å². The lowest BCUT2D eigenvalue weighted by atomic mass is 10.0. The number of ether oxygens (including phenoxy) is 3. The third kappa shape index (κ3) is 6.82. The minimum Gasteiger partial charge on any atom is -0.493 e. The number of nitrogens with zero attached hydrogens (tertiary/aromatic N) is 1. The molecule has 0 N–H and O–H groups in total. The predicted octanol–water partition coefficient (Wildman–Crippen LogP) is 6.49. The lowest BCUT2D eigenvalue weighted by Gasteiger charge is -2.29. The van der Waals surface area contributed by atoms with Gasteiger partial charge in [0.2, 0.25) is 0 Å². The second kappa shape index (κ2) is 12.4. The van der Waals surface area contributed by atoms with Gasteiger partial charge in [-0.1, -0.05) is 80.4 Å². The van der Waals surface area contributed by atoms with Gasteiger partial charge in [0.25, 0.3) is 0 Å². The van der Waals surface area contributed by atoms with Gasteiger partial charge in [-0.05, 0) is 48.4 Å². The highest BCUT2D eigenvalue weighted by molar-refractivity contribution is 9.10. The molecule has 4 nitrogen and oxygen atoms in total. The molecule has 0 fully saturated rings. The van der Waals surface area contributed by atoms with Gasteiger partial charge in [-0.2, -0.15) is 0 Å². The van der Waals surface area contributed by atoms with E-state index >= 15 is 0 Å². The van der Waals surface area contributed by atoms with Crippen LogP contribution in [0.25, 0.3) is 0 Å². The summed E-state index contributed by atoms with van der Waals surface area (Å²) in [4.78, 5) is 2.33. The molecule has 0 heterocycles. The van der Waals surface area contributed by atoms with Gasteiger partial charge in [-0.15, -0.1) is 0 Å². The Morgan fingerprint density at radius 1 is 0.812 bits per heavy atom. The summed E-state index contributed by atoms with van der Waals surface area (Å²) in [5.41, 5.74) is 3.57. The molecule has 0 radical (unpaired) electrons. The van der Waals surface area contributed by atoms with Crippen molar-refractivity contribution in [1.29, 1.82) is 0 Å². The Bertz CT molecular complexity index is 998. The van der Waals surface area contributed by atoms with E-state index in [0.29, 0.717) is 19.0 Å². The molecular formula is C26H29Br2NO3. The molecule has 0 saturated heterocycles. The molecule has 32 heavy (non-hydrogen) atoms. The summed E-state index contributed by atoms with van der Waals surface area (Å²) < 4.78 is 19.2. The van der Waals surface area contributed by atoms with E-state index in [9.17, 15) is 0 Å². The van der Waals surface area contributed by atoms with E-state index in [2.05, 4.69) is 74.1 Å². The first kappa shape index (κ1) is 24.8. The van der Waals surface area contributed by atoms with Crippen molar-refractivity contribution in [2.75, 3.05) is 27.9 Å². The summed E-state index contributed by atoms with van der Waals surface area (Å²) in [6.07, 6.45) is 0.901. The minimum atomic E-state index is 0.208. The first-order chi connectivity index (χ1) is 15.5. The van der Waals surface area contributed by atoms with Crippen molar-refractivity contribution in [2.45, 2.75) is 25.6 Å². The number of methoxy groups -OCH3 is 2. The van der Waals surface area contributed by atoms with Crippen LogP contribution in [0.2, 0.25) is 0 Å². The number of hydrogen-bond donors (Lipinski definition) is 0. The van der Waals surface area contributed by atoms with Crippen LogP contribution in [0.4, 0.5) is 0 Å². The van der Waals surface area contributed by atoms with E-state index < -0.39 is 0 Å². The predicted molar refractivity (Wildman–Crippen MR) is 136 cm³/mol. The monoisotopic (exact) mass is 561 g/mol. The average molecular weight is 563 g/mol. The van der Waals surface area contributed by atoms with Crippen LogP contribution in [0, 0.1) is 0 Å². The van der Waals surface area contributed by atoms with Crippen LogP contribution in [0.1, 0.15) is 16.7 Å². The van der Waals surface area contributed by atoms with Crippen molar-refractivity contribution in [3.8, 4) is 11.5 Å². The molecule has 6 heteroatoms. The molecule has 0 aliphatic heterocycles. The molecule has 3 aromatic rings. The first-order valence-corrected chi connectivity index (χ1v) is 12.1. The van der Waals surface area contributed by atoms with E-state index in [-0.39, 0.29) is 6.04 Å². The maximum Gasteiger partial charge on any atom is 0.161 e. The summed E-state index contributed by atoms with van der Waals surface area (Å²) in [6, 6.07) is 22.9. The van der Waals surface area contributed by atoms with Crippen molar-refractivity contribution >= 4 is 31.9 Å². The number of benzene rings is 3. The van der Waals surface area contributed by atoms with Crippen molar-refractivity contribution in [2.24, 2.45) is 0 Å². The van der Waals surface area contributed by atoms with Gasteiger partial charge < -0.3 is 14.2 Å². The second-order valence-electron chi connectivity index (χ2n) is 7.66. The molecule has 170 valence electrons. The van der Waals surface area contributed by atoms with Gasteiger partial charge >= 0.3 is 0 Å². The molecule has 0 bridgehead atoms. The maximum atomic E-state index is 6.18. The van der Waals surface area contributed by atoms with Crippen LogP contribution >= 0.6 is 31.9 Å². The fourth-order valence-electron chi connectivity index (χ4n) is 3.56. The Labute approximate surface area is 207 Å². The Hall–Kier alpha value is -1.86. The van der Waals surface area contributed by atoms with Crippen LogP contribution < -0.4 is 9.47 Å². The Kier molecular flexibility index (Phi) is 9.60. The molecule has 0 amide bonds. The summed E-state index contributed by atoms with van der Waals surface area (Å²) in [7, 11) is 5.44. The van der Waals surface area contributed by atoms with E-state index in [4.69, 9.17) is 14.2 Å². The number of hydrogen-bond acceptors (Lipinski definition) is 4. The number of rotatable bonds is 11. The summed E-state index contributed by atoms with van der Waals surface area (Å²) in [6.45, 7) is 1.94. The minimum absolute atomic E-state index is 0.208. The van der Waals surface area contributed by atoms with Crippen molar-refractivity contribution in [3.63, 3.8) is 0 Å².